The number of allylic oxidation sites excluding steroid dienone is 2. The van der Waals surface area contributed by atoms with E-state index in [0.717, 1.165) is 38.5 Å². The summed E-state index contributed by atoms with van der Waals surface area (Å²) in [6.45, 7) is 6.84. The SMILES string of the molecule is CCCC1C(C)(N)CCC=C2CCC(=O)CC[C@@]21C. The first-order valence-corrected chi connectivity index (χ1v) is 7.90. The van der Waals surface area contributed by atoms with Crippen LogP contribution in [0.15, 0.2) is 11.6 Å². The van der Waals surface area contributed by atoms with Crippen molar-refractivity contribution in [2.24, 2.45) is 17.1 Å². The van der Waals surface area contributed by atoms with E-state index in [1.807, 2.05) is 0 Å². The number of hydrogen-bond donors (Lipinski definition) is 1. The summed E-state index contributed by atoms with van der Waals surface area (Å²) in [6, 6.07) is 0. The maximum atomic E-state index is 11.8. The van der Waals surface area contributed by atoms with Crippen LogP contribution in [-0.4, -0.2) is 11.3 Å². The number of rotatable bonds is 2. The van der Waals surface area contributed by atoms with E-state index in [1.165, 1.54) is 18.4 Å². The Morgan fingerprint density at radius 2 is 2.00 bits per heavy atom. The van der Waals surface area contributed by atoms with Gasteiger partial charge in [0.2, 0.25) is 0 Å². The molecule has 2 N–H and O–H groups in total. The highest BCUT2D eigenvalue weighted by molar-refractivity contribution is 5.79. The van der Waals surface area contributed by atoms with Gasteiger partial charge < -0.3 is 5.73 Å². The third-order valence-electron chi connectivity index (χ3n) is 5.55. The number of carbonyl (C=O) groups excluding carboxylic acids is 1. The quantitative estimate of drug-likeness (QED) is 0.765. The van der Waals surface area contributed by atoms with Gasteiger partial charge in [0.05, 0.1) is 0 Å². The van der Waals surface area contributed by atoms with Crippen LogP contribution in [0.5, 0.6) is 0 Å². The smallest absolute Gasteiger partial charge is 0.133 e. The van der Waals surface area contributed by atoms with Crippen molar-refractivity contribution in [2.75, 3.05) is 0 Å². The molecule has 2 unspecified atom stereocenters. The highest BCUT2D eigenvalue weighted by atomic mass is 16.1. The lowest BCUT2D eigenvalue weighted by atomic mass is 9.61. The number of fused-ring (bicyclic) bond motifs is 1. The van der Waals surface area contributed by atoms with E-state index in [4.69, 9.17) is 5.73 Å². The van der Waals surface area contributed by atoms with E-state index in [1.54, 1.807) is 0 Å². The summed E-state index contributed by atoms with van der Waals surface area (Å²) in [4.78, 5) is 11.8. The van der Waals surface area contributed by atoms with Gasteiger partial charge in [-0.2, -0.15) is 0 Å². The zero-order chi connectivity index (χ0) is 14.1. The lowest BCUT2D eigenvalue weighted by molar-refractivity contribution is -0.119. The van der Waals surface area contributed by atoms with Gasteiger partial charge in [-0.25, -0.2) is 0 Å². The molecule has 1 saturated carbocycles. The molecule has 0 aliphatic heterocycles. The molecule has 0 aromatic rings. The third kappa shape index (κ3) is 2.79. The molecule has 0 aromatic carbocycles. The van der Waals surface area contributed by atoms with Crippen LogP contribution >= 0.6 is 0 Å². The predicted octanol–water partition coefficient (Wildman–Crippen LogP) is 3.99. The summed E-state index contributed by atoms with van der Waals surface area (Å²) in [6.07, 6.45) is 10.3. The van der Waals surface area contributed by atoms with Gasteiger partial charge in [0, 0.05) is 18.4 Å². The standard InChI is InChI=1S/C17H29NO/c1-4-6-15-16(2)12-10-14(19)9-8-13(16)7-5-11-17(15,3)18/h7,15H,4-6,8-12,18H2,1-3H3/t15?,16-,17?/m0/s1. The van der Waals surface area contributed by atoms with Crippen LogP contribution in [0.25, 0.3) is 0 Å². The van der Waals surface area contributed by atoms with E-state index >= 15 is 0 Å². The molecule has 2 aliphatic carbocycles. The first-order valence-electron chi connectivity index (χ1n) is 7.90. The molecule has 0 amide bonds. The molecule has 0 aromatic heterocycles. The molecule has 19 heavy (non-hydrogen) atoms. The van der Waals surface area contributed by atoms with Crippen molar-refractivity contribution in [3.8, 4) is 0 Å². The van der Waals surface area contributed by atoms with Crippen molar-refractivity contribution in [2.45, 2.75) is 77.7 Å². The van der Waals surface area contributed by atoms with E-state index in [0.29, 0.717) is 11.7 Å². The summed E-state index contributed by atoms with van der Waals surface area (Å²) in [5.74, 6) is 0.939. The van der Waals surface area contributed by atoms with E-state index < -0.39 is 0 Å². The molecular formula is C17H29NO. The summed E-state index contributed by atoms with van der Waals surface area (Å²) in [5, 5.41) is 0. The average molecular weight is 263 g/mol. The largest absolute Gasteiger partial charge is 0.325 e. The van der Waals surface area contributed by atoms with Crippen LogP contribution in [0, 0.1) is 11.3 Å². The lowest BCUT2D eigenvalue weighted by Crippen LogP contribution is -2.50. The van der Waals surface area contributed by atoms with Crippen molar-refractivity contribution in [1.29, 1.82) is 0 Å². The molecule has 1 fully saturated rings. The van der Waals surface area contributed by atoms with Crippen LogP contribution in [0.3, 0.4) is 0 Å². The summed E-state index contributed by atoms with van der Waals surface area (Å²) in [7, 11) is 0. The summed E-state index contributed by atoms with van der Waals surface area (Å²) < 4.78 is 0. The van der Waals surface area contributed by atoms with Gasteiger partial charge in [-0.05, 0) is 50.4 Å². The molecular weight excluding hydrogens is 234 g/mol. The summed E-state index contributed by atoms with van der Waals surface area (Å²) in [5.41, 5.74) is 8.23. The minimum absolute atomic E-state index is 0.101. The van der Waals surface area contributed by atoms with E-state index in [2.05, 4.69) is 26.8 Å². The molecule has 0 saturated heterocycles. The minimum Gasteiger partial charge on any atom is -0.325 e. The molecule has 108 valence electrons. The van der Waals surface area contributed by atoms with Gasteiger partial charge in [-0.1, -0.05) is 31.9 Å². The Morgan fingerprint density at radius 1 is 1.26 bits per heavy atom. The fraction of sp³-hybridized carbons (Fsp3) is 0.824. The van der Waals surface area contributed by atoms with Crippen molar-refractivity contribution >= 4 is 5.78 Å². The second kappa shape index (κ2) is 5.40. The minimum atomic E-state index is -0.101. The molecule has 2 rings (SSSR count). The maximum Gasteiger partial charge on any atom is 0.133 e. The second-order valence-electron chi connectivity index (χ2n) is 7.07. The van der Waals surface area contributed by atoms with Crippen LogP contribution in [0.2, 0.25) is 0 Å². The van der Waals surface area contributed by atoms with Gasteiger partial charge in [0.1, 0.15) is 5.78 Å². The Labute approximate surface area is 117 Å². The maximum absolute atomic E-state index is 11.8. The number of hydrogen-bond acceptors (Lipinski definition) is 2. The second-order valence-corrected chi connectivity index (χ2v) is 7.07. The van der Waals surface area contributed by atoms with Crippen molar-refractivity contribution in [3.63, 3.8) is 0 Å². The molecule has 0 radical (unpaired) electrons. The third-order valence-corrected chi connectivity index (χ3v) is 5.55. The fourth-order valence-electron chi connectivity index (χ4n) is 4.37. The number of carbonyl (C=O) groups is 1. The van der Waals surface area contributed by atoms with Gasteiger partial charge >= 0.3 is 0 Å². The molecule has 2 nitrogen and oxygen atoms in total. The Kier molecular flexibility index (Phi) is 4.20. The molecule has 3 atom stereocenters. The predicted molar refractivity (Wildman–Crippen MR) is 79.9 cm³/mol. The van der Waals surface area contributed by atoms with Gasteiger partial charge in [-0.15, -0.1) is 0 Å². The molecule has 0 heterocycles. The van der Waals surface area contributed by atoms with Crippen molar-refractivity contribution < 1.29 is 4.79 Å². The van der Waals surface area contributed by atoms with E-state index in [-0.39, 0.29) is 11.0 Å². The Balaban J connectivity index is 2.40. The van der Waals surface area contributed by atoms with E-state index in [9.17, 15) is 4.79 Å². The zero-order valence-electron chi connectivity index (χ0n) is 12.8. The van der Waals surface area contributed by atoms with Crippen LogP contribution in [-0.2, 0) is 4.79 Å². The molecule has 2 heteroatoms. The number of nitrogens with two attached hydrogens (primary N) is 1. The van der Waals surface area contributed by atoms with Gasteiger partial charge in [-0.3, -0.25) is 4.79 Å². The van der Waals surface area contributed by atoms with Gasteiger partial charge in [0.15, 0.2) is 0 Å². The first kappa shape index (κ1) is 14.8. The van der Waals surface area contributed by atoms with Crippen LogP contribution in [0.1, 0.15) is 72.1 Å². The van der Waals surface area contributed by atoms with Crippen molar-refractivity contribution in [3.05, 3.63) is 11.6 Å². The highest BCUT2D eigenvalue weighted by Crippen LogP contribution is 2.52. The van der Waals surface area contributed by atoms with Crippen LogP contribution in [0.4, 0.5) is 0 Å². The molecule has 0 bridgehead atoms. The molecule has 2 aliphatic rings. The number of Topliss-reactive ketones (excluding diaryl/α,β-unsaturated/α-hetero) is 1. The average Bonchev–Trinajstić information content (AvgIpc) is 2.53. The van der Waals surface area contributed by atoms with Crippen molar-refractivity contribution in [1.82, 2.24) is 0 Å². The van der Waals surface area contributed by atoms with Gasteiger partial charge in [0.25, 0.3) is 0 Å². The topological polar surface area (TPSA) is 43.1 Å². The lowest BCUT2D eigenvalue weighted by Gasteiger charge is -2.46. The summed E-state index contributed by atoms with van der Waals surface area (Å²) >= 11 is 0. The normalized spacial score (nSPS) is 40.1. The Morgan fingerprint density at radius 3 is 2.68 bits per heavy atom. The first-order chi connectivity index (χ1) is 8.90. The zero-order valence-corrected chi connectivity index (χ0v) is 12.8. The molecule has 0 spiro atoms. The number of ketones is 1. The fourth-order valence-corrected chi connectivity index (χ4v) is 4.37. The Bertz CT molecular complexity index is 383. The van der Waals surface area contributed by atoms with Crippen LogP contribution < -0.4 is 5.73 Å². The Hall–Kier alpha value is -0.630. The highest BCUT2D eigenvalue weighted by Gasteiger charge is 2.47. The monoisotopic (exact) mass is 263 g/mol.